The van der Waals surface area contributed by atoms with Crippen molar-refractivity contribution in [2.75, 3.05) is 133 Å². The lowest BCUT2D eigenvalue weighted by Crippen LogP contribution is -3.20. The largest absolute Gasteiger partial charge is 0.467 e. The van der Waals surface area contributed by atoms with Crippen molar-refractivity contribution in [3.63, 3.8) is 0 Å². The number of likely N-dealkylation sites (tertiary alicyclic amines) is 7. The molecule has 0 saturated carbocycles. The maximum Gasteiger partial charge on any atom is 0.160 e. The summed E-state index contributed by atoms with van der Waals surface area (Å²) in [5, 5.41) is 0. The highest BCUT2D eigenvalue weighted by atomic mass is 16.5. The minimum atomic E-state index is 0.136. The first-order valence-electron chi connectivity index (χ1n) is 22.0. The first-order chi connectivity index (χ1) is 26.9. The van der Waals surface area contributed by atoms with Gasteiger partial charge in [-0.3, -0.25) is 0 Å². The quantitative estimate of drug-likeness (QED) is 0.100. The Morgan fingerprint density at radius 2 is 0.895 bits per heavy atom. The van der Waals surface area contributed by atoms with E-state index in [1.165, 1.54) is 60.2 Å². The van der Waals surface area contributed by atoms with Gasteiger partial charge in [0, 0.05) is 47.6 Å². The average Bonchev–Trinajstić information content (AvgIpc) is 3.09. The molecule has 0 unspecified atom stereocenters. The minimum absolute atomic E-state index is 0.136. The van der Waals surface area contributed by atoms with Crippen LogP contribution in [0.3, 0.4) is 0 Å². The zero-order valence-electron chi connectivity index (χ0n) is 38.9. The number of nitrogens with one attached hydrogen (secondary N) is 7. The molecule has 0 atom stereocenters. The first-order valence-corrected chi connectivity index (χ1v) is 22.0. The molecule has 0 amide bonds. The average molecular weight is 818 g/mol. The smallest absolute Gasteiger partial charge is 0.160 e. The van der Waals surface area contributed by atoms with Crippen molar-refractivity contribution in [3.8, 4) is 0 Å². The van der Waals surface area contributed by atoms with Crippen LogP contribution in [-0.4, -0.2) is 168 Å². The van der Waals surface area contributed by atoms with E-state index in [1.807, 2.05) is 14.0 Å². The van der Waals surface area contributed by atoms with Gasteiger partial charge in [-0.2, -0.15) is 49.3 Å². The second kappa shape index (κ2) is 28.2. The van der Waals surface area contributed by atoms with Gasteiger partial charge in [0.2, 0.25) is 0 Å². The summed E-state index contributed by atoms with van der Waals surface area (Å²) in [6.45, 7) is 30.1. The lowest BCUT2D eigenvalue weighted by atomic mass is 9.90. The van der Waals surface area contributed by atoms with Crippen LogP contribution in [0.1, 0.15) is 67.2 Å². The van der Waals surface area contributed by atoms with E-state index >= 15 is 0 Å². The molecular formula is C44H95N7O6. The van der Waals surface area contributed by atoms with Crippen molar-refractivity contribution >= 4 is 0 Å². The van der Waals surface area contributed by atoms with Gasteiger partial charge in [0.1, 0.15) is 6.10 Å². The molecule has 13 nitrogen and oxygen atoms in total. The predicted octanol–water partition coefficient (Wildman–Crippen LogP) is -5.03. The van der Waals surface area contributed by atoms with Crippen molar-refractivity contribution in [1.29, 1.82) is 0 Å². The van der Waals surface area contributed by atoms with Gasteiger partial charge >= 0.3 is 0 Å². The van der Waals surface area contributed by atoms with Gasteiger partial charge in [0.15, 0.2) is 29.0 Å². The number of methoxy groups -OCH3 is 4. The molecule has 7 saturated heterocycles. The van der Waals surface area contributed by atoms with Crippen molar-refractivity contribution in [2.24, 2.45) is 5.92 Å². The second-order valence-corrected chi connectivity index (χ2v) is 18.0. The van der Waals surface area contributed by atoms with Gasteiger partial charge in [-0.25, -0.2) is 0 Å². The molecule has 7 aliphatic heterocycles. The Morgan fingerprint density at radius 3 is 1.11 bits per heavy atom. The molecule has 0 radical (unpaired) electrons. The van der Waals surface area contributed by atoms with Crippen molar-refractivity contribution in [1.82, 2.24) is 0 Å². The van der Waals surface area contributed by atoms with E-state index in [1.54, 1.807) is 21.3 Å². The Bertz CT molecular complexity index is 954. The van der Waals surface area contributed by atoms with Crippen LogP contribution in [0.15, 0.2) is 0 Å². The summed E-state index contributed by atoms with van der Waals surface area (Å²) in [5.41, 5.74) is 0.500. The first kappa shape index (κ1) is 54.5. The summed E-state index contributed by atoms with van der Waals surface area (Å²) in [7, 11) is 33.9. The predicted molar refractivity (Wildman–Crippen MR) is 228 cm³/mol. The fourth-order valence-electron chi connectivity index (χ4n) is 7.89. The van der Waals surface area contributed by atoms with Gasteiger partial charge in [-0.1, -0.05) is 34.1 Å². The van der Waals surface area contributed by atoms with E-state index in [0.717, 1.165) is 111 Å². The number of quaternary nitrogens is 7. The van der Waals surface area contributed by atoms with Crippen LogP contribution < -0.4 is 34.3 Å². The van der Waals surface area contributed by atoms with Gasteiger partial charge in [-0.05, 0) is 33.1 Å². The SMILES string of the molecule is [CH2-][NH+]1CC(C)(OC)C1.[CH2-][NH+]1CC(C)C1.[CH2-][NH+]1CC(CC)(OC)C1.[CH2-][NH+]1CC(CCC)(OC)C1.[CH2-][NH+]1CC(OC)C1.[CH2-][NH+]1CC(OCC)C1.[CH2-][NH+]1CC(OCCC)C1. The summed E-state index contributed by atoms with van der Waals surface area (Å²) in [5.74, 6) is 0.942. The van der Waals surface area contributed by atoms with Crippen LogP contribution in [0, 0.1) is 55.3 Å². The highest BCUT2D eigenvalue weighted by molar-refractivity contribution is 4.84. The number of ether oxygens (including phenoxy) is 6. The molecule has 7 fully saturated rings. The van der Waals surface area contributed by atoms with Crippen LogP contribution in [-0.2, 0) is 28.4 Å². The third-order valence-corrected chi connectivity index (χ3v) is 11.9. The van der Waals surface area contributed by atoms with E-state index < -0.39 is 0 Å². The van der Waals surface area contributed by atoms with Crippen molar-refractivity contribution in [3.05, 3.63) is 49.3 Å². The molecule has 0 aliphatic carbocycles. The van der Waals surface area contributed by atoms with Gasteiger partial charge in [-0.15, -0.1) is 0 Å². The zero-order chi connectivity index (χ0) is 43.2. The molecule has 7 heterocycles. The molecule has 0 bridgehead atoms. The molecule has 342 valence electrons. The van der Waals surface area contributed by atoms with E-state index in [0.29, 0.717) is 18.3 Å². The highest BCUT2D eigenvalue weighted by Crippen LogP contribution is 2.18. The normalized spacial score (nSPS) is 40.3. The molecule has 0 spiro atoms. The fourth-order valence-corrected chi connectivity index (χ4v) is 7.89. The monoisotopic (exact) mass is 818 g/mol. The lowest BCUT2D eigenvalue weighted by molar-refractivity contribution is -0.919. The third kappa shape index (κ3) is 21.2. The Kier molecular flexibility index (Phi) is 26.9. The topological polar surface area (TPSA) is 86.5 Å². The van der Waals surface area contributed by atoms with Crippen molar-refractivity contribution in [2.45, 2.75) is 102 Å². The van der Waals surface area contributed by atoms with E-state index in [-0.39, 0.29) is 16.8 Å². The molecule has 13 heteroatoms. The molecule has 7 N–H and O–H groups in total. The Balaban J connectivity index is 0.000000334. The van der Waals surface area contributed by atoms with Crippen LogP contribution in [0.2, 0.25) is 0 Å². The standard InChI is InChI=1S/C8H17NO.2C7H15NO.2C6H13NO.C5H11NO.C5H11N/c1-4-5-8(10-3)6-9(2)7-8;1-4-7(9-3)5-8(2)6-7;1-3-4-9-7-5-8(2)6-7;1-6(8-3)4-7(2)5-6;1-3-8-6-4-7(2)5-6;1-6-3-5(4-6)7-2;1-5-3-6(2)4-5/h9H,2,4-7H2,1,3H3;8H,2,4-6H2,1,3H3;7-8H,2-6H2,1H3;7H,2,4-5H2,1,3H3;6-7H,2-5H2,1H3;5-6H,1,3-4H2,2H3;5-6H,2-4H2,1H3. The Hall–Kier alpha value is -0.520. The van der Waals surface area contributed by atoms with Crippen LogP contribution in [0.4, 0.5) is 0 Å². The molecule has 0 aromatic carbocycles. The van der Waals surface area contributed by atoms with E-state index in [4.69, 9.17) is 28.4 Å². The summed E-state index contributed by atoms with van der Waals surface area (Å²) >= 11 is 0. The van der Waals surface area contributed by atoms with Gasteiger partial charge < -0.3 is 62.7 Å². The molecule has 57 heavy (non-hydrogen) atoms. The maximum absolute atomic E-state index is 5.44. The van der Waals surface area contributed by atoms with Crippen LogP contribution in [0.5, 0.6) is 0 Å². The summed E-state index contributed by atoms with van der Waals surface area (Å²) in [6.07, 6.45) is 6.15. The molecule has 7 rings (SSSR count). The number of rotatable bonds is 12. The fraction of sp³-hybridized carbons (Fsp3) is 0.841. The van der Waals surface area contributed by atoms with E-state index in [9.17, 15) is 0 Å². The van der Waals surface area contributed by atoms with Gasteiger partial charge in [0.05, 0.1) is 91.6 Å². The molecule has 0 aromatic heterocycles. The Morgan fingerprint density at radius 1 is 0.491 bits per heavy atom. The van der Waals surface area contributed by atoms with Crippen molar-refractivity contribution < 1.29 is 62.7 Å². The van der Waals surface area contributed by atoms with Gasteiger partial charge in [0.25, 0.3) is 0 Å². The number of hydrogen-bond acceptors (Lipinski definition) is 6. The molecule has 0 aromatic rings. The number of hydrogen-bond donors (Lipinski definition) is 7. The van der Waals surface area contributed by atoms with E-state index in [2.05, 4.69) is 84.0 Å². The van der Waals surface area contributed by atoms with Crippen LogP contribution in [0.25, 0.3) is 0 Å². The summed E-state index contributed by atoms with van der Waals surface area (Å²) < 4.78 is 31.7. The summed E-state index contributed by atoms with van der Waals surface area (Å²) in [6, 6.07) is 0. The zero-order valence-corrected chi connectivity index (χ0v) is 38.9. The highest BCUT2D eigenvalue weighted by Gasteiger charge is 2.43. The minimum Gasteiger partial charge on any atom is -0.467 e. The maximum atomic E-state index is 5.44. The Labute approximate surface area is 352 Å². The molecule has 7 aliphatic rings. The lowest BCUT2D eigenvalue weighted by Gasteiger charge is -2.47. The van der Waals surface area contributed by atoms with Crippen LogP contribution >= 0.6 is 0 Å². The third-order valence-electron chi connectivity index (χ3n) is 11.9. The second-order valence-electron chi connectivity index (χ2n) is 18.0. The summed E-state index contributed by atoms with van der Waals surface area (Å²) in [4.78, 5) is 9.43. The molecular weight excluding hydrogens is 723 g/mol.